The Morgan fingerprint density at radius 1 is 1.36 bits per heavy atom. The fraction of sp³-hybridized carbons (Fsp3) is 0.429. The SMILES string of the molecule is CN1CC(=O)OB(/C=C\Br)OC(=O)C1. The molecule has 0 aromatic rings. The van der Waals surface area contributed by atoms with E-state index in [1.165, 1.54) is 15.9 Å². The van der Waals surface area contributed by atoms with Crippen LogP contribution in [0.4, 0.5) is 0 Å². The summed E-state index contributed by atoms with van der Waals surface area (Å²) in [6.07, 6.45) is 0. The molecule has 0 bridgehead atoms. The van der Waals surface area contributed by atoms with E-state index >= 15 is 0 Å². The minimum absolute atomic E-state index is 0.0850. The van der Waals surface area contributed by atoms with Gasteiger partial charge in [-0.15, -0.1) is 0 Å². The third kappa shape index (κ3) is 3.51. The number of rotatable bonds is 1. The summed E-state index contributed by atoms with van der Waals surface area (Å²) >= 11 is 3.01. The highest BCUT2D eigenvalue weighted by atomic mass is 79.9. The zero-order chi connectivity index (χ0) is 10.6. The van der Waals surface area contributed by atoms with Crippen LogP contribution in [0.1, 0.15) is 0 Å². The molecule has 14 heavy (non-hydrogen) atoms. The third-order valence-electron chi connectivity index (χ3n) is 1.52. The summed E-state index contributed by atoms with van der Waals surface area (Å²) < 4.78 is 9.66. The van der Waals surface area contributed by atoms with E-state index < -0.39 is 19.1 Å². The van der Waals surface area contributed by atoms with E-state index in [1.807, 2.05) is 0 Å². The Morgan fingerprint density at radius 3 is 2.29 bits per heavy atom. The summed E-state index contributed by atoms with van der Waals surface area (Å²) in [5, 5.41) is 0. The van der Waals surface area contributed by atoms with Gasteiger partial charge in [-0.3, -0.25) is 14.5 Å². The van der Waals surface area contributed by atoms with Crippen LogP contribution in [0, 0.1) is 0 Å². The van der Waals surface area contributed by atoms with E-state index in [-0.39, 0.29) is 13.1 Å². The average molecular weight is 262 g/mol. The maximum Gasteiger partial charge on any atom is 0.629 e. The standard InChI is InChI=1S/C7H9BBrNO4/c1-10-4-6(11)13-8(2-3-9)14-7(12)5-10/h2-3H,4-5H2,1H3/b3-2-. The van der Waals surface area contributed by atoms with Crippen molar-refractivity contribution in [2.75, 3.05) is 20.1 Å². The molecule has 0 atom stereocenters. The number of carbonyl (C=O) groups excluding carboxylic acids is 2. The monoisotopic (exact) mass is 261 g/mol. The first-order valence-corrected chi connectivity index (χ1v) is 4.88. The van der Waals surface area contributed by atoms with Crippen LogP contribution in [0.25, 0.3) is 0 Å². The fourth-order valence-electron chi connectivity index (χ4n) is 0.992. The molecular weight excluding hydrogens is 253 g/mol. The molecule has 0 spiro atoms. The molecule has 1 aliphatic rings. The quantitative estimate of drug-likeness (QED) is 0.620. The number of likely N-dealkylation sites (N-methyl/N-ethyl adjacent to an activating group) is 1. The van der Waals surface area contributed by atoms with Crippen molar-refractivity contribution in [2.45, 2.75) is 0 Å². The number of halogens is 1. The highest BCUT2D eigenvalue weighted by Gasteiger charge is 2.28. The van der Waals surface area contributed by atoms with Crippen molar-refractivity contribution in [1.82, 2.24) is 4.90 Å². The van der Waals surface area contributed by atoms with Gasteiger partial charge in [-0.2, -0.15) is 0 Å². The second-order valence-corrected chi connectivity index (χ2v) is 3.37. The smallest absolute Gasteiger partial charge is 0.495 e. The lowest BCUT2D eigenvalue weighted by Gasteiger charge is -2.20. The maximum atomic E-state index is 11.1. The van der Waals surface area contributed by atoms with Crippen molar-refractivity contribution >= 4 is 35.0 Å². The minimum atomic E-state index is -0.928. The summed E-state index contributed by atoms with van der Waals surface area (Å²) in [6, 6.07) is 0. The van der Waals surface area contributed by atoms with Crippen LogP contribution in [-0.2, 0) is 18.9 Å². The van der Waals surface area contributed by atoms with Crippen molar-refractivity contribution in [3.63, 3.8) is 0 Å². The van der Waals surface area contributed by atoms with Crippen LogP contribution in [0.3, 0.4) is 0 Å². The first kappa shape index (κ1) is 11.3. The Labute approximate surface area is 90.3 Å². The predicted octanol–water partition coefficient (Wildman–Crippen LogP) is -0.0458. The summed E-state index contributed by atoms with van der Waals surface area (Å²) in [4.78, 5) is 25.3. The van der Waals surface area contributed by atoms with E-state index in [9.17, 15) is 9.59 Å². The molecule has 5 nitrogen and oxygen atoms in total. The molecule has 0 aromatic heterocycles. The first-order valence-electron chi connectivity index (χ1n) is 3.96. The van der Waals surface area contributed by atoms with Crippen molar-refractivity contribution in [2.24, 2.45) is 0 Å². The molecule has 0 unspecified atom stereocenters. The van der Waals surface area contributed by atoms with Crippen LogP contribution < -0.4 is 0 Å². The topological polar surface area (TPSA) is 55.8 Å². The van der Waals surface area contributed by atoms with Crippen LogP contribution in [0.2, 0.25) is 0 Å². The summed E-state index contributed by atoms with van der Waals surface area (Å²) in [5.41, 5.74) is 0. The van der Waals surface area contributed by atoms with E-state index in [2.05, 4.69) is 15.9 Å². The molecule has 0 amide bonds. The zero-order valence-electron chi connectivity index (χ0n) is 7.60. The van der Waals surface area contributed by atoms with Crippen LogP contribution >= 0.6 is 15.9 Å². The molecule has 1 rings (SSSR count). The normalized spacial score (nSPS) is 20.3. The largest absolute Gasteiger partial charge is 0.629 e. The molecule has 0 N–H and O–H groups in total. The number of carbonyl (C=O) groups is 2. The van der Waals surface area contributed by atoms with Gasteiger partial charge in [-0.1, -0.05) is 15.9 Å². The molecule has 0 aromatic carbocycles. The third-order valence-corrected chi connectivity index (χ3v) is 1.83. The van der Waals surface area contributed by atoms with Crippen molar-refractivity contribution < 1.29 is 18.9 Å². The molecular formula is C7H9BBrNO4. The van der Waals surface area contributed by atoms with Gasteiger partial charge in [0.05, 0.1) is 13.1 Å². The lowest BCUT2D eigenvalue weighted by atomic mass is 9.90. The van der Waals surface area contributed by atoms with Gasteiger partial charge in [0.25, 0.3) is 0 Å². The number of hydrogen-bond donors (Lipinski definition) is 0. The second-order valence-electron chi connectivity index (χ2n) is 2.84. The van der Waals surface area contributed by atoms with Gasteiger partial charge in [0.2, 0.25) is 0 Å². The zero-order valence-corrected chi connectivity index (χ0v) is 9.19. The van der Waals surface area contributed by atoms with Gasteiger partial charge in [0.1, 0.15) is 0 Å². The molecule has 0 saturated carbocycles. The van der Waals surface area contributed by atoms with E-state index in [4.69, 9.17) is 9.31 Å². The summed E-state index contributed by atoms with van der Waals surface area (Å²) in [7, 11) is 0.714. The number of nitrogens with zero attached hydrogens (tertiary/aromatic N) is 1. The molecule has 1 heterocycles. The Balaban J connectivity index is 2.65. The van der Waals surface area contributed by atoms with Gasteiger partial charge in [-0.25, -0.2) is 0 Å². The molecule has 76 valence electrons. The lowest BCUT2D eigenvalue weighted by molar-refractivity contribution is -0.145. The van der Waals surface area contributed by atoms with E-state index in [0.717, 1.165) is 0 Å². The molecule has 0 radical (unpaired) electrons. The summed E-state index contributed by atoms with van der Waals surface area (Å²) in [5.74, 6) is 0.590. The van der Waals surface area contributed by atoms with Gasteiger partial charge >= 0.3 is 19.1 Å². The minimum Gasteiger partial charge on any atom is -0.495 e. The van der Waals surface area contributed by atoms with Crippen LogP contribution in [-0.4, -0.2) is 44.1 Å². The predicted molar refractivity (Wildman–Crippen MR) is 53.5 cm³/mol. The van der Waals surface area contributed by atoms with Gasteiger partial charge < -0.3 is 9.31 Å². The van der Waals surface area contributed by atoms with Gasteiger partial charge in [-0.05, 0) is 18.0 Å². The highest BCUT2D eigenvalue weighted by Crippen LogP contribution is 2.01. The average Bonchev–Trinajstić information content (AvgIpc) is 2.00. The van der Waals surface area contributed by atoms with E-state index in [0.29, 0.717) is 0 Å². The summed E-state index contributed by atoms with van der Waals surface area (Å²) in [6.45, 7) is 0.170. The van der Waals surface area contributed by atoms with Crippen molar-refractivity contribution in [3.05, 3.63) is 11.0 Å². The maximum absolute atomic E-state index is 11.1. The molecule has 1 fully saturated rings. The van der Waals surface area contributed by atoms with Crippen molar-refractivity contribution in [1.29, 1.82) is 0 Å². The van der Waals surface area contributed by atoms with Crippen LogP contribution in [0.15, 0.2) is 11.0 Å². The molecule has 1 aliphatic heterocycles. The lowest BCUT2D eigenvalue weighted by Crippen LogP contribution is -2.41. The van der Waals surface area contributed by atoms with Crippen LogP contribution in [0.5, 0.6) is 0 Å². The van der Waals surface area contributed by atoms with E-state index in [1.54, 1.807) is 7.05 Å². The Bertz CT molecular complexity index is 250. The molecule has 0 aliphatic carbocycles. The molecule has 1 saturated heterocycles. The highest BCUT2D eigenvalue weighted by molar-refractivity contribution is 9.11. The van der Waals surface area contributed by atoms with Crippen molar-refractivity contribution in [3.8, 4) is 0 Å². The Kier molecular flexibility index (Phi) is 4.15. The Hall–Kier alpha value is -0.815. The molecule has 7 heteroatoms. The van der Waals surface area contributed by atoms with Gasteiger partial charge in [0, 0.05) is 0 Å². The van der Waals surface area contributed by atoms with Gasteiger partial charge in [0.15, 0.2) is 0 Å². The first-order chi connectivity index (χ1) is 6.61. The fourth-order valence-corrected chi connectivity index (χ4v) is 1.24. The second kappa shape index (κ2) is 5.16. The Morgan fingerprint density at radius 2 is 1.86 bits per heavy atom. The number of hydrogen-bond acceptors (Lipinski definition) is 5.